The van der Waals surface area contributed by atoms with Gasteiger partial charge in [-0.25, -0.2) is 0 Å². The van der Waals surface area contributed by atoms with Crippen molar-refractivity contribution < 1.29 is 5.11 Å². The zero-order chi connectivity index (χ0) is 11.8. The zero-order valence-corrected chi connectivity index (χ0v) is 9.46. The van der Waals surface area contributed by atoms with Crippen molar-refractivity contribution in [3.05, 3.63) is 47.6 Å². The number of benzene rings is 1. The number of aromatic hydroxyl groups is 1. The number of rotatable bonds is 1. The van der Waals surface area contributed by atoms with E-state index in [-0.39, 0.29) is 5.75 Å². The molecular formula is C12H8ClN3O. The predicted molar refractivity (Wildman–Crippen MR) is 65.1 cm³/mol. The molecule has 0 bridgehead atoms. The van der Waals surface area contributed by atoms with Gasteiger partial charge in [-0.1, -0.05) is 23.7 Å². The molecule has 3 aromatic rings. The smallest absolute Gasteiger partial charge is 0.172 e. The molecule has 4 nitrogen and oxygen atoms in total. The number of aromatic nitrogens is 3. The van der Waals surface area contributed by atoms with Gasteiger partial charge in [0, 0.05) is 17.3 Å². The number of halogens is 1. The van der Waals surface area contributed by atoms with Gasteiger partial charge in [-0.3, -0.25) is 4.40 Å². The summed E-state index contributed by atoms with van der Waals surface area (Å²) in [6, 6.07) is 10.5. The SMILES string of the molecule is Oc1ccccc1-c1nnc2cc(Cl)ccn12. The van der Waals surface area contributed by atoms with Gasteiger partial charge in [-0.2, -0.15) is 0 Å². The second kappa shape index (κ2) is 3.75. The summed E-state index contributed by atoms with van der Waals surface area (Å²) in [6.45, 7) is 0. The highest BCUT2D eigenvalue weighted by molar-refractivity contribution is 6.30. The largest absolute Gasteiger partial charge is 0.507 e. The number of phenols is 1. The fourth-order valence-corrected chi connectivity index (χ4v) is 1.87. The Balaban J connectivity index is 2.29. The van der Waals surface area contributed by atoms with Gasteiger partial charge in [0.1, 0.15) is 5.75 Å². The second-order valence-corrected chi connectivity index (χ2v) is 4.05. The molecule has 0 aliphatic carbocycles. The summed E-state index contributed by atoms with van der Waals surface area (Å²) in [7, 11) is 0. The van der Waals surface area contributed by atoms with Crippen molar-refractivity contribution in [3.63, 3.8) is 0 Å². The van der Waals surface area contributed by atoms with Crippen LogP contribution in [0, 0.1) is 0 Å². The van der Waals surface area contributed by atoms with Crippen molar-refractivity contribution in [1.82, 2.24) is 14.6 Å². The lowest BCUT2D eigenvalue weighted by Crippen LogP contribution is -1.89. The van der Waals surface area contributed by atoms with Crippen LogP contribution in [0.25, 0.3) is 17.0 Å². The quantitative estimate of drug-likeness (QED) is 0.717. The van der Waals surface area contributed by atoms with Gasteiger partial charge in [0.2, 0.25) is 0 Å². The Labute approximate surface area is 102 Å². The number of phenolic OH excluding ortho intramolecular Hbond substituents is 1. The van der Waals surface area contributed by atoms with E-state index in [0.29, 0.717) is 22.1 Å². The van der Waals surface area contributed by atoms with Gasteiger partial charge in [-0.15, -0.1) is 10.2 Å². The standard InChI is InChI=1S/C12H8ClN3O/c13-8-5-6-16-11(7-8)14-15-12(16)9-3-1-2-4-10(9)17/h1-7,17H. The van der Waals surface area contributed by atoms with E-state index in [1.807, 2.05) is 6.07 Å². The average molecular weight is 246 g/mol. The van der Waals surface area contributed by atoms with Crippen LogP contribution in [0.1, 0.15) is 0 Å². The van der Waals surface area contributed by atoms with Crippen molar-refractivity contribution in [2.45, 2.75) is 0 Å². The fraction of sp³-hybridized carbons (Fsp3) is 0. The molecule has 5 heteroatoms. The Morgan fingerprint density at radius 3 is 2.76 bits per heavy atom. The van der Waals surface area contributed by atoms with Crippen molar-refractivity contribution in [1.29, 1.82) is 0 Å². The van der Waals surface area contributed by atoms with E-state index >= 15 is 0 Å². The van der Waals surface area contributed by atoms with E-state index in [0.717, 1.165) is 0 Å². The van der Waals surface area contributed by atoms with Crippen LogP contribution in [0.3, 0.4) is 0 Å². The second-order valence-electron chi connectivity index (χ2n) is 3.61. The van der Waals surface area contributed by atoms with Crippen LogP contribution in [0.4, 0.5) is 0 Å². The van der Waals surface area contributed by atoms with E-state index in [4.69, 9.17) is 11.6 Å². The van der Waals surface area contributed by atoms with Gasteiger partial charge < -0.3 is 5.11 Å². The summed E-state index contributed by atoms with van der Waals surface area (Å²) >= 11 is 5.87. The molecule has 0 saturated carbocycles. The third kappa shape index (κ3) is 1.62. The van der Waals surface area contributed by atoms with Crippen molar-refractivity contribution >= 4 is 17.2 Å². The van der Waals surface area contributed by atoms with Crippen molar-refractivity contribution in [2.24, 2.45) is 0 Å². The Hall–Kier alpha value is -2.07. The molecule has 2 heterocycles. The highest BCUT2D eigenvalue weighted by Crippen LogP contribution is 2.27. The first-order valence-electron chi connectivity index (χ1n) is 5.04. The van der Waals surface area contributed by atoms with Crippen molar-refractivity contribution in [2.75, 3.05) is 0 Å². The molecule has 17 heavy (non-hydrogen) atoms. The molecule has 0 saturated heterocycles. The molecule has 0 radical (unpaired) electrons. The van der Waals surface area contributed by atoms with Crippen LogP contribution in [-0.4, -0.2) is 19.7 Å². The average Bonchev–Trinajstić information content (AvgIpc) is 2.72. The van der Waals surface area contributed by atoms with Crippen LogP contribution in [0.15, 0.2) is 42.6 Å². The summed E-state index contributed by atoms with van der Waals surface area (Å²) in [5.41, 5.74) is 1.29. The number of pyridine rings is 1. The Bertz CT molecular complexity index is 693. The van der Waals surface area contributed by atoms with Crippen LogP contribution in [0.5, 0.6) is 5.75 Å². The van der Waals surface area contributed by atoms with E-state index in [1.165, 1.54) is 0 Å². The molecule has 0 aliphatic rings. The lowest BCUT2D eigenvalue weighted by Gasteiger charge is -2.02. The topological polar surface area (TPSA) is 50.4 Å². The Morgan fingerprint density at radius 1 is 1.12 bits per heavy atom. The van der Waals surface area contributed by atoms with E-state index in [2.05, 4.69) is 10.2 Å². The zero-order valence-electron chi connectivity index (χ0n) is 8.71. The van der Waals surface area contributed by atoms with Gasteiger partial charge in [-0.05, 0) is 18.2 Å². The summed E-state index contributed by atoms with van der Waals surface area (Å²) in [4.78, 5) is 0. The minimum atomic E-state index is 0.178. The highest BCUT2D eigenvalue weighted by atomic mass is 35.5. The lowest BCUT2D eigenvalue weighted by atomic mass is 10.2. The molecule has 1 aromatic carbocycles. The normalized spacial score (nSPS) is 10.9. The number of hydrogen-bond acceptors (Lipinski definition) is 3. The van der Waals surface area contributed by atoms with Crippen molar-refractivity contribution in [3.8, 4) is 17.1 Å². The minimum absolute atomic E-state index is 0.178. The van der Waals surface area contributed by atoms with Gasteiger partial charge in [0.15, 0.2) is 11.5 Å². The predicted octanol–water partition coefficient (Wildman–Crippen LogP) is 2.76. The maximum atomic E-state index is 9.79. The molecule has 0 unspecified atom stereocenters. The molecule has 0 fully saturated rings. The van der Waals surface area contributed by atoms with Gasteiger partial charge in [0.05, 0.1) is 5.56 Å². The first kappa shape index (κ1) is 10.1. The minimum Gasteiger partial charge on any atom is -0.507 e. The first-order chi connectivity index (χ1) is 8.25. The maximum absolute atomic E-state index is 9.79. The van der Waals surface area contributed by atoms with E-state index < -0.39 is 0 Å². The summed E-state index contributed by atoms with van der Waals surface area (Å²) < 4.78 is 1.78. The lowest BCUT2D eigenvalue weighted by molar-refractivity contribution is 0.477. The molecule has 0 spiro atoms. The fourth-order valence-electron chi connectivity index (χ4n) is 1.71. The van der Waals surface area contributed by atoms with E-state index in [1.54, 1.807) is 40.9 Å². The summed E-state index contributed by atoms with van der Waals surface area (Å²) in [5, 5.41) is 18.5. The van der Waals surface area contributed by atoms with Crippen LogP contribution >= 0.6 is 11.6 Å². The molecule has 0 aliphatic heterocycles. The highest BCUT2D eigenvalue weighted by Gasteiger charge is 2.11. The van der Waals surface area contributed by atoms with Gasteiger partial charge >= 0.3 is 0 Å². The monoisotopic (exact) mass is 245 g/mol. The molecule has 0 atom stereocenters. The van der Waals surface area contributed by atoms with Crippen LogP contribution < -0.4 is 0 Å². The number of fused-ring (bicyclic) bond motifs is 1. The van der Waals surface area contributed by atoms with E-state index in [9.17, 15) is 5.11 Å². The van der Waals surface area contributed by atoms with Gasteiger partial charge in [0.25, 0.3) is 0 Å². The Morgan fingerprint density at radius 2 is 1.94 bits per heavy atom. The molecule has 2 aromatic heterocycles. The first-order valence-corrected chi connectivity index (χ1v) is 5.42. The van der Waals surface area contributed by atoms with Crippen LogP contribution in [-0.2, 0) is 0 Å². The number of hydrogen-bond donors (Lipinski definition) is 1. The number of nitrogens with zero attached hydrogens (tertiary/aromatic N) is 3. The summed E-state index contributed by atoms with van der Waals surface area (Å²) in [5.74, 6) is 0.770. The summed E-state index contributed by atoms with van der Waals surface area (Å²) in [6.07, 6.45) is 1.78. The maximum Gasteiger partial charge on any atom is 0.172 e. The third-order valence-electron chi connectivity index (χ3n) is 2.52. The molecular weight excluding hydrogens is 238 g/mol. The molecule has 1 N–H and O–H groups in total. The van der Waals surface area contributed by atoms with Crippen LogP contribution in [0.2, 0.25) is 5.02 Å². The Kier molecular flexibility index (Phi) is 2.23. The molecule has 84 valence electrons. The number of para-hydroxylation sites is 1. The molecule has 3 rings (SSSR count). The molecule has 0 amide bonds. The third-order valence-corrected chi connectivity index (χ3v) is 2.75.